The monoisotopic (exact) mass is 186 g/mol. The topological polar surface area (TPSA) is 24.5 Å². The Hall–Kier alpha value is -0.120. The molecule has 0 bridgehead atoms. The van der Waals surface area contributed by atoms with E-state index >= 15 is 0 Å². The fraction of sp³-hybridized carbons (Fsp3) is 1.00. The Labute approximate surface area is 81.4 Å². The Morgan fingerprint density at radius 3 is 2.92 bits per heavy atom. The molecule has 1 heterocycles. The van der Waals surface area contributed by atoms with Crippen LogP contribution >= 0.6 is 0 Å². The predicted molar refractivity (Wildman–Crippen MR) is 54.9 cm³/mol. The van der Waals surface area contributed by atoms with Crippen LogP contribution in [0.25, 0.3) is 0 Å². The molecule has 1 rings (SSSR count). The molecule has 0 radical (unpaired) electrons. The summed E-state index contributed by atoms with van der Waals surface area (Å²) in [5.41, 5.74) is 0. The third-order valence-corrected chi connectivity index (χ3v) is 2.39. The lowest BCUT2D eigenvalue weighted by Gasteiger charge is -2.36. The summed E-state index contributed by atoms with van der Waals surface area (Å²) in [4.78, 5) is 2.53. The minimum atomic E-state index is 0.571. The SMILES string of the molecule is CNCC1COCCN1CC(C)C. The van der Waals surface area contributed by atoms with E-state index < -0.39 is 0 Å². The van der Waals surface area contributed by atoms with Gasteiger partial charge < -0.3 is 10.1 Å². The summed E-state index contributed by atoms with van der Waals surface area (Å²) in [5, 5.41) is 3.22. The van der Waals surface area contributed by atoms with Gasteiger partial charge in [-0.2, -0.15) is 0 Å². The molecule has 1 unspecified atom stereocenters. The van der Waals surface area contributed by atoms with E-state index in [1.54, 1.807) is 0 Å². The Kier molecular flexibility index (Phi) is 4.70. The summed E-state index contributed by atoms with van der Waals surface area (Å²) >= 11 is 0. The minimum Gasteiger partial charge on any atom is -0.378 e. The first-order chi connectivity index (χ1) is 6.24. The molecule has 1 atom stereocenters. The van der Waals surface area contributed by atoms with Crippen molar-refractivity contribution in [2.75, 3.05) is 39.9 Å². The van der Waals surface area contributed by atoms with E-state index in [-0.39, 0.29) is 0 Å². The van der Waals surface area contributed by atoms with Gasteiger partial charge in [0.15, 0.2) is 0 Å². The summed E-state index contributed by atoms with van der Waals surface area (Å²) in [7, 11) is 2.00. The highest BCUT2D eigenvalue weighted by Gasteiger charge is 2.22. The Bertz CT molecular complexity index is 137. The quantitative estimate of drug-likeness (QED) is 0.694. The van der Waals surface area contributed by atoms with Gasteiger partial charge in [0.25, 0.3) is 0 Å². The Morgan fingerprint density at radius 1 is 1.54 bits per heavy atom. The van der Waals surface area contributed by atoms with Crippen LogP contribution in [0, 0.1) is 5.92 Å². The average Bonchev–Trinajstić information content (AvgIpc) is 2.08. The molecule has 0 aromatic rings. The molecule has 0 spiro atoms. The van der Waals surface area contributed by atoms with Crippen molar-refractivity contribution in [3.05, 3.63) is 0 Å². The van der Waals surface area contributed by atoms with Gasteiger partial charge in [-0.15, -0.1) is 0 Å². The molecule has 13 heavy (non-hydrogen) atoms. The van der Waals surface area contributed by atoms with Gasteiger partial charge >= 0.3 is 0 Å². The first kappa shape index (κ1) is 11.0. The Balaban J connectivity index is 2.36. The molecule has 0 aliphatic carbocycles. The second kappa shape index (κ2) is 5.58. The fourth-order valence-electron chi connectivity index (χ4n) is 1.82. The summed E-state index contributed by atoms with van der Waals surface area (Å²) in [6.07, 6.45) is 0. The third-order valence-electron chi connectivity index (χ3n) is 2.39. The number of nitrogens with zero attached hydrogens (tertiary/aromatic N) is 1. The molecule has 3 heteroatoms. The van der Waals surface area contributed by atoms with Gasteiger partial charge in [0, 0.05) is 25.7 Å². The lowest BCUT2D eigenvalue weighted by atomic mass is 10.1. The van der Waals surface area contributed by atoms with Gasteiger partial charge in [0.05, 0.1) is 13.2 Å². The largest absolute Gasteiger partial charge is 0.378 e. The summed E-state index contributed by atoms with van der Waals surface area (Å²) in [6.45, 7) is 9.63. The fourth-order valence-corrected chi connectivity index (χ4v) is 1.82. The predicted octanol–water partition coefficient (Wildman–Crippen LogP) is 0.563. The molecule has 1 saturated heterocycles. The van der Waals surface area contributed by atoms with Crippen LogP contribution in [-0.4, -0.2) is 50.8 Å². The van der Waals surface area contributed by atoms with Crippen LogP contribution in [0.1, 0.15) is 13.8 Å². The zero-order chi connectivity index (χ0) is 9.68. The molecular formula is C10H22N2O. The number of nitrogens with one attached hydrogen (secondary N) is 1. The highest BCUT2D eigenvalue weighted by atomic mass is 16.5. The smallest absolute Gasteiger partial charge is 0.0634 e. The van der Waals surface area contributed by atoms with E-state index in [2.05, 4.69) is 24.1 Å². The van der Waals surface area contributed by atoms with Gasteiger partial charge in [-0.25, -0.2) is 0 Å². The van der Waals surface area contributed by atoms with Gasteiger partial charge in [-0.05, 0) is 13.0 Å². The number of hydrogen-bond donors (Lipinski definition) is 1. The third kappa shape index (κ3) is 3.63. The molecule has 0 aromatic carbocycles. The molecule has 0 saturated carbocycles. The van der Waals surface area contributed by atoms with Crippen LogP contribution < -0.4 is 5.32 Å². The molecule has 1 N–H and O–H groups in total. The summed E-state index contributed by atoms with van der Waals surface area (Å²) < 4.78 is 5.46. The van der Waals surface area contributed by atoms with Gasteiger partial charge in [0.1, 0.15) is 0 Å². The van der Waals surface area contributed by atoms with Crippen molar-refractivity contribution in [2.24, 2.45) is 5.92 Å². The van der Waals surface area contributed by atoms with Crippen molar-refractivity contribution in [3.63, 3.8) is 0 Å². The van der Waals surface area contributed by atoms with Gasteiger partial charge in [-0.3, -0.25) is 4.90 Å². The molecular weight excluding hydrogens is 164 g/mol. The Morgan fingerprint density at radius 2 is 2.31 bits per heavy atom. The lowest BCUT2D eigenvalue weighted by Crippen LogP contribution is -2.50. The standard InChI is InChI=1S/C10H22N2O/c1-9(2)7-12-4-5-13-8-10(12)6-11-3/h9-11H,4-8H2,1-3H3. The van der Waals surface area contributed by atoms with Crippen LogP contribution in [0.4, 0.5) is 0 Å². The number of morpholine rings is 1. The van der Waals surface area contributed by atoms with Crippen molar-refractivity contribution in [1.82, 2.24) is 10.2 Å². The van der Waals surface area contributed by atoms with E-state index in [0.29, 0.717) is 6.04 Å². The van der Waals surface area contributed by atoms with Crippen LogP contribution in [-0.2, 0) is 4.74 Å². The van der Waals surface area contributed by atoms with E-state index in [1.807, 2.05) is 7.05 Å². The van der Waals surface area contributed by atoms with E-state index in [1.165, 1.54) is 6.54 Å². The first-order valence-electron chi connectivity index (χ1n) is 5.20. The first-order valence-corrected chi connectivity index (χ1v) is 5.20. The van der Waals surface area contributed by atoms with Crippen LogP contribution in [0.3, 0.4) is 0 Å². The molecule has 3 nitrogen and oxygen atoms in total. The molecule has 1 aliphatic heterocycles. The average molecular weight is 186 g/mol. The maximum atomic E-state index is 5.46. The highest BCUT2D eigenvalue weighted by molar-refractivity contribution is 4.77. The minimum absolute atomic E-state index is 0.571. The van der Waals surface area contributed by atoms with Crippen molar-refractivity contribution in [2.45, 2.75) is 19.9 Å². The number of rotatable bonds is 4. The maximum Gasteiger partial charge on any atom is 0.0634 e. The van der Waals surface area contributed by atoms with Crippen molar-refractivity contribution >= 4 is 0 Å². The maximum absolute atomic E-state index is 5.46. The molecule has 0 amide bonds. The molecule has 78 valence electrons. The number of ether oxygens (including phenoxy) is 1. The van der Waals surface area contributed by atoms with Crippen molar-refractivity contribution in [1.29, 1.82) is 0 Å². The highest BCUT2D eigenvalue weighted by Crippen LogP contribution is 2.08. The molecule has 0 aromatic heterocycles. The normalized spacial score (nSPS) is 25.4. The van der Waals surface area contributed by atoms with Crippen LogP contribution in [0.5, 0.6) is 0 Å². The van der Waals surface area contributed by atoms with Crippen LogP contribution in [0.2, 0.25) is 0 Å². The zero-order valence-corrected chi connectivity index (χ0v) is 9.05. The van der Waals surface area contributed by atoms with E-state index in [4.69, 9.17) is 4.74 Å². The van der Waals surface area contributed by atoms with E-state index in [0.717, 1.165) is 32.2 Å². The second-order valence-corrected chi connectivity index (χ2v) is 4.18. The molecule has 1 aliphatic rings. The van der Waals surface area contributed by atoms with Crippen molar-refractivity contribution in [3.8, 4) is 0 Å². The lowest BCUT2D eigenvalue weighted by molar-refractivity contribution is -0.0110. The summed E-state index contributed by atoms with van der Waals surface area (Å²) in [6, 6.07) is 0.571. The second-order valence-electron chi connectivity index (χ2n) is 4.18. The van der Waals surface area contributed by atoms with Gasteiger partial charge in [-0.1, -0.05) is 13.8 Å². The van der Waals surface area contributed by atoms with E-state index in [9.17, 15) is 0 Å². The van der Waals surface area contributed by atoms with Crippen molar-refractivity contribution < 1.29 is 4.74 Å². The summed E-state index contributed by atoms with van der Waals surface area (Å²) in [5.74, 6) is 0.748. The van der Waals surface area contributed by atoms with Crippen LogP contribution in [0.15, 0.2) is 0 Å². The zero-order valence-electron chi connectivity index (χ0n) is 9.05. The van der Waals surface area contributed by atoms with Gasteiger partial charge in [0.2, 0.25) is 0 Å². The number of hydrogen-bond acceptors (Lipinski definition) is 3. The number of likely N-dealkylation sites (N-methyl/N-ethyl adjacent to an activating group) is 1. The molecule has 1 fully saturated rings.